The van der Waals surface area contributed by atoms with Gasteiger partial charge in [-0.25, -0.2) is 8.42 Å². The van der Waals surface area contributed by atoms with E-state index in [4.69, 9.17) is 11.6 Å². The molecule has 0 N–H and O–H groups in total. The first-order chi connectivity index (χ1) is 16.6. The Hall–Kier alpha value is -2.78. The minimum atomic E-state index is -3.60. The zero-order chi connectivity index (χ0) is 25.0. The molecule has 0 atom stereocenters. The van der Waals surface area contributed by atoms with Gasteiger partial charge in [0, 0.05) is 43.3 Å². The van der Waals surface area contributed by atoms with Crippen molar-refractivity contribution < 1.29 is 18.0 Å². The number of benzene rings is 2. The molecule has 0 aliphatic carbocycles. The van der Waals surface area contributed by atoms with Gasteiger partial charge in [-0.1, -0.05) is 23.7 Å². The third-order valence-corrected chi connectivity index (χ3v) is 9.36. The normalized spacial score (nSPS) is 20.0. The minimum Gasteiger partial charge on any atom is -0.361 e. The van der Waals surface area contributed by atoms with E-state index in [2.05, 4.69) is 11.8 Å². The molecule has 186 valence electrons. The molecule has 10 heteroatoms. The summed E-state index contributed by atoms with van der Waals surface area (Å²) in [4.78, 5) is 33.7. The zero-order valence-electron chi connectivity index (χ0n) is 19.9. The molecule has 5 rings (SSSR count). The third kappa shape index (κ3) is 4.47. The number of rotatable bonds is 5. The van der Waals surface area contributed by atoms with Gasteiger partial charge in [-0.05, 0) is 54.8 Å². The lowest BCUT2D eigenvalue weighted by molar-refractivity contribution is -0.136. The van der Waals surface area contributed by atoms with Crippen molar-refractivity contribution in [2.75, 3.05) is 39.2 Å². The molecule has 0 aromatic heterocycles. The Balaban J connectivity index is 1.18. The van der Waals surface area contributed by atoms with Crippen LogP contribution in [-0.2, 0) is 19.4 Å². The quantitative estimate of drug-likeness (QED) is 0.608. The fraction of sp³-hybridized carbons (Fsp3) is 0.440. The van der Waals surface area contributed by atoms with Crippen LogP contribution in [0, 0.1) is 0 Å². The van der Waals surface area contributed by atoms with Gasteiger partial charge in [0.15, 0.2) is 9.84 Å². The van der Waals surface area contributed by atoms with E-state index in [9.17, 15) is 18.0 Å². The number of carbonyl (C=O) groups excluding carboxylic acids is 2. The molecule has 3 aliphatic rings. The molecule has 0 spiro atoms. The number of likely N-dealkylation sites (tertiary alicyclic amines) is 1. The fourth-order valence-corrected chi connectivity index (χ4v) is 6.61. The Morgan fingerprint density at radius 2 is 1.74 bits per heavy atom. The summed E-state index contributed by atoms with van der Waals surface area (Å²) in [7, 11) is -1.65. The van der Waals surface area contributed by atoms with E-state index < -0.39 is 9.84 Å². The molecule has 0 unspecified atom stereocenters. The van der Waals surface area contributed by atoms with Crippen molar-refractivity contribution in [3.63, 3.8) is 0 Å². The maximum atomic E-state index is 12.9. The summed E-state index contributed by atoms with van der Waals surface area (Å²) in [5, 5.41) is 2.25. The molecule has 2 amide bonds. The molecule has 2 aromatic carbocycles. The number of hydrogen-bond acceptors (Lipinski definition) is 6. The van der Waals surface area contributed by atoms with Crippen molar-refractivity contribution in [2.24, 2.45) is 0 Å². The molecule has 2 fully saturated rings. The second-order valence-electron chi connectivity index (χ2n) is 9.93. The topological polar surface area (TPSA) is 81.2 Å². The van der Waals surface area contributed by atoms with E-state index in [1.807, 2.05) is 23.0 Å². The predicted molar refractivity (Wildman–Crippen MR) is 134 cm³/mol. The molecule has 3 heterocycles. The average Bonchev–Trinajstić information content (AvgIpc) is 3.34. The minimum absolute atomic E-state index is 0.0420. The van der Waals surface area contributed by atoms with Gasteiger partial charge in [-0.15, -0.1) is 0 Å². The van der Waals surface area contributed by atoms with E-state index >= 15 is 0 Å². The number of halogens is 1. The summed E-state index contributed by atoms with van der Waals surface area (Å²) in [5.41, 5.74) is 0.409. The Morgan fingerprint density at radius 1 is 1.06 bits per heavy atom. The number of sulfone groups is 1. The lowest BCUT2D eigenvalue weighted by Gasteiger charge is -2.45. The van der Waals surface area contributed by atoms with Crippen molar-refractivity contribution in [3.05, 3.63) is 53.3 Å². The number of amides is 2. The first kappa shape index (κ1) is 23.9. The van der Waals surface area contributed by atoms with Gasteiger partial charge in [0.2, 0.25) is 5.91 Å². The Labute approximate surface area is 210 Å². The van der Waals surface area contributed by atoms with Crippen LogP contribution in [0.5, 0.6) is 0 Å². The Morgan fingerprint density at radius 3 is 2.46 bits per heavy atom. The van der Waals surface area contributed by atoms with Gasteiger partial charge in [0.05, 0.1) is 24.0 Å². The largest absolute Gasteiger partial charge is 0.361 e. The summed E-state index contributed by atoms with van der Waals surface area (Å²) >= 11 is 6.01. The highest BCUT2D eigenvalue weighted by Gasteiger charge is 2.46. The molecule has 8 nitrogen and oxygen atoms in total. The maximum Gasteiger partial charge on any atom is 0.273 e. The second kappa shape index (κ2) is 8.71. The monoisotopic (exact) mass is 516 g/mol. The van der Waals surface area contributed by atoms with Gasteiger partial charge < -0.3 is 19.6 Å². The van der Waals surface area contributed by atoms with Gasteiger partial charge >= 0.3 is 0 Å². The fourth-order valence-electron chi connectivity index (χ4n) is 5.17. The van der Waals surface area contributed by atoms with Gasteiger partial charge in [-0.2, -0.15) is 0 Å². The van der Waals surface area contributed by atoms with E-state index in [1.165, 1.54) is 0 Å². The van der Waals surface area contributed by atoms with Crippen molar-refractivity contribution in [1.29, 1.82) is 0 Å². The second-order valence-corrected chi connectivity index (χ2v) is 12.5. The van der Waals surface area contributed by atoms with Crippen LogP contribution >= 0.6 is 11.6 Å². The molecule has 3 aliphatic heterocycles. The predicted octanol–water partition coefficient (Wildman–Crippen LogP) is 2.88. The van der Waals surface area contributed by atoms with Crippen molar-refractivity contribution in [3.8, 4) is 0 Å². The van der Waals surface area contributed by atoms with E-state index in [-0.39, 0.29) is 34.4 Å². The zero-order valence-corrected chi connectivity index (χ0v) is 21.5. The van der Waals surface area contributed by atoms with Crippen LogP contribution in [0.15, 0.2) is 53.2 Å². The lowest BCUT2D eigenvalue weighted by atomic mass is 9.87. The van der Waals surface area contributed by atoms with Crippen LogP contribution in [-0.4, -0.2) is 84.6 Å². The van der Waals surface area contributed by atoms with Crippen molar-refractivity contribution in [2.45, 2.75) is 36.6 Å². The van der Waals surface area contributed by atoms with Crippen molar-refractivity contribution in [1.82, 2.24) is 19.6 Å². The van der Waals surface area contributed by atoms with Crippen molar-refractivity contribution >= 4 is 44.0 Å². The Kier molecular flexibility index (Phi) is 5.96. The standard InChI is InChI=1S/C25H29ClN4O4S/c1-25(30-17-29-16-27(2)15-22(29)24(30)32)8-10-28(11-9-25)23(31)7-12-35(33,34)21-6-4-18-13-20(26)5-3-19(18)14-21/h3-6,13-15H,7-12,16-17H2,1-2H3. The summed E-state index contributed by atoms with van der Waals surface area (Å²) in [5.74, 6) is -0.360. The summed E-state index contributed by atoms with van der Waals surface area (Å²) in [6.07, 6.45) is 3.16. The molecule has 35 heavy (non-hydrogen) atoms. The van der Waals surface area contributed by atoms with E-state index in [0.717, 1.165) is 16.5 Å². The van der Waals surface area contributed by atoms with Crippen LogP contribution in [0.25, 0.3) is 10.8 Å². The molecular weight excluding hydrogens is 488 g/mol. The van der Waals surface area contributed by atoms with Crippen LogP contribution < -0.4 is 0 Å². The average molecular weight is 517 g/mol. The highest BCUT2D eigenvalue weighted by molar-refractivity contribution is 7.91. The number of nitrogens with zero attached hydrogens (tertiary/aromatic N) is 4. The van der Waals surface area contributed by atoms with Crippen LogP contribution in [0.4, 0.5) is 0 Å². The summed E-state index contributed by atoms with van der Waals surface area (Å²) in [6.45, 7) is 4.37. The lowest BCUT2D eigenvalue weighted by Crippen LogP contribution is -2.55. The van der Waals surface area contributed by atoms with Crippen LogP contribution in [0.2, 0.25) is 5.02 Å². The first-order valence-corrected chi connectivity index (χ1v) is 13.8. The molecule has 2 aromatic rings. The molecule has 2 saturated heterocycles. The molecule has 0 saturated carbocycles. The van der Waals surface area contributed by atoms with Crippen LogP contribution in [0.3, 0.4) is 0 Å². The van der Waals surface area contributed by atoms with E-state index in [0.29, 0.717) is 44.3 Å². The SMILES string of the molecule is CN1C=C2C(=O)N(C3(C)CCN(C(=O)CCS(=O)(=O)c4ccc5cc(Cl)ccc5c4)CC3)CN2C1. The molecular formula is C25H29ClN4O4S. The third-order valence-electron chi connectivity index (χ3n) is 7.42. The maximum absolute atomic E-state index is 12.9. The van der Waals surface area contributed by atoms with Gasteiger partial charge in [0.25, 0.3) is 5.91 Å². The van der Waals surface area contributed by atoms with Gasteiger partial charge in [0.1, 0.15) is 5.70 Å². The number of piperidine rings is 1. The van der Waals surface area contributed by atoms with Gasteiger partial charge in [-0.3, -0.25) is 9.59 Å². The smallest absolute Gasteiger partial charge is 0.273 e. The summed E-state index contributed by atoms with van der Waals surface area (Å²) in [6, 6.07) is 10.2. The Bertz CT molecular complexity index is 1330. The molecule has 0 radical (unpaired) electrons. The number of fused-ring (bicyclic) bond motifs is 2. The molecule has 0 bridgehead atoms. The first-order valence-electron chi connectivity index (χ1n) is 11.7. The van der Waals surface area contributed by atoms with Crippen LogP contribution in [0.1, 0.15) is 26.2 Å². The highest BCUT2D eigenvalue weighted by Crippen LogP contribution is 2.36. The highest BCUT2D eigenvalue weighted by atomic mass is 35.5. The van der Waals surface area contributed by atoms with E-state index in [1.54, 1.807) is 41.3 Å². The summed E-state index contributed by atoms with van der Waals surface area (Å²) < 4.78 is 25.8. The number of hydrogen-bond donors (Lipinski definition) is 0. The number of carbonyl (C=O) groups is 2.